The number of nitrogens with zero attached hydrogens (tertiary/aromatic N) is 1. The fourth-order valence-corrected chi connectivity index (χ4v) is 2.09. The molecule has 0 unspecified atom stereocenters. The lowest BCUT2D eigenvalue weighted by atomic mass is 10.1. The lowest BCUT2D eigenvalue weighted by Gasteiger charge is -2.12. The maximum Gasteiger partial charge on any atom is 0.191 e. The fraction of sp³-hybridized carbons (Fsp3) is 0.278. The van der Waals surface area contributed by atoms with E-state index in [0.29, 0.717) is 37.6 Å². The molecule has 0 aliphatic carbocycles. The second kappa shape index (κ2) is 9.46. The molecule has 0 aliphatic heterocycles. The number of para-hydroxylation sites is 1. The number of halogens is 1. The summed E-state index contributed by atoms with van der Waals surface area (Å²) in [5.41, 5.74) is 0.697. The lowest BCUT2D eigenvalue weighted by Crippen LogP contribution is -2.40. The Labute approximate surface area is 136 Å². The molecule has 2 rings (SSSR count). The number of hydrogen-bond donors (Lipinski definition) is 2. The minimum Gasteiger partial charge on any atom is -0.492 e. The number of rotatable bonds is 7. The van der Waals surface area contributed by atoms with Crippen molar-refractivity contribution < 1.29 is 9.13 Å². The summed E-state index contributed by atoms with van der Waals surface area (Å²) >= 11 is 0. The molecule has 122 valence electrons. The normalized spacial score (nSPS) is 11.1. The summed E-state index contributed by atoms with van der Waals surface area (Å²) in [6, 6.07) is 16.5. The van der Waals surface area contributed by atoms with E-state index >= 15 is 0 Å². The van der Waals surface area contributed by atoms with Gasteiger partial charge < -0.3 is 15.4 Å². The predicted molar refractivity (Wildman–Crippen MR) is 91.4 cm³/mol. The van der Waals surface area contributed by atoms with Crippen molar-refractivity contribution in [2.45, 2.75) is 6.42 Å². The van der Waals surface area contributed by atoms with Gasteiger partial charge in [-0.15, -0.1) is 0 Å². The fourth-order valence-electron chi connectivity index (χ4n) is 2.09. The maximum absolute atomic E-state index is 13.5. The molecule has 0 atom stereocenters. The van der Waals surface area contributed by atoms with Gasteiger partial charge >= 0.3 is 0 Å². The van der Waals surface area contributed by atoms with Gasteiger partial charge in [0, 0.05) is 13.6 Å². The summed E-state index contributed by atoms with van der Waals surface area (Å²) < 4.78 is 19.1. The number of guanidine groups is 1. The number of aliphatic imine (C=N–C) groups is 1. The van der Waals surface area contributed by atoms with E-state index in [1.165, 1.54) is 6.07 Å². The Balaban J connectivity index is 1.65. The van der Waals surface area contributed by atoms with E-state index in [1.807, 2.05) is 36.4 Å². The van der Waals surface area contributed by atoms with Crippen LogP contribution in [0.4, 0.5) is 4.39 Å². The zero-order valence-electron chi connectivity index (χ0n) is 13.3. The van der Waals surface area contributed by atoms with Crippen molar-refractivity contribution in [2.75, 3.05) is 26.7 Å². The Morgan fingerprint density at radius 2 is 1.70 bits per heavy atom. The second-order valence-electron chi connectivity index (χ2n) is 4.93. The van der Waals surface area contributed by atoms with Crippen LogP contribution < -0.4 is 15.4 Å². The summed E-state index contributed by atoms with van der Waals surface area (Å²) in [7, 11) is 1.70. The zero-order valence-corrected chi connectivity index (χ0v) is 13.3. The van der Waals surface area contributed by atoms with Crippen LogP contribution in [-0.4, -0.2) is 32.7 Å². The van der Waals surface area contributed by atoms with E-state index in [1.54, 1.807) is 19.2 Å². The Bertz CT molecular complexity index is 617. The van der Waals surface area contributed by atoms with E-state index in [-0.39, 0.29) is 5.82 Å². The molecule has 23 heavy (non-hydrogen) atoms. The topological polar surface area (TPSA) is 45.7 Å². The molecule has 2 aromatic rings. The number of nitrogens with one attached hydrogen (secondary N) is 2. The third-order valence-electron chi connectivity index (χ3n) is 3.27. The van der Waals surface area contributed by atoms with Crippen LogP contribution >= 0.6 is 0 Å². The van der Waals surface area contributed by atoms with E-state index in [4.69, 9.17) is 4.74 Å². The number of benzene rings is 2. The molecule has 2 N–H and O–H groups in total. The second-order valence-corrected chi connectivity index (χ2v) is 4.93. The van der Waals surface area contributed by atoms with Crippen LogP contribution in [0.1, 0.15) is 5.56 Å². The molecule has 0 radical (unpaired) electrons. The molecule has 0 fully saturated rings. The summed E-state index contributed by atoms with van der Waals surface area (Å²) in [4.78, 5) is 4.13. The summed E-state index contributed by atoms with van der Waals surface area (Å²) in [5, 5.41) is 6.32. The van der Waals surface area contributed by atoms with Crippen molar-refractivity contribution in [2.24, 2.45) is 4.99 Å². The van der Waals surface area contributed by atoms with Gasteiger partial charge in [-0.2, -0.15) is 0 Å². The molecule has 0 aliphatic rings. The van der Waals surface area contributed by atoms with Crippen molar-refractivity contribution in [3.63, 3.8) is 0 Å². The highest BCUT2D eigenvalue weighted by Crippen LogP contribution is 2.07. The first-order valence-corrected chi connectivity index (χ1v) is 7.65. The monoisotopic (exact) mass is 315 g/mol. The van der Waals surface area contributed by atoms with Crippen molar-refractivity contribution in [3.05, 3.63) is 66.0 Å². The summed E-state index contributed by atoms with van der Waals surface area (Å²) in [6.07, 6.45) is 0.605. The maximum atomic E-state index is 13.5. The van der Waals surface area contributed by atoms with Crippen LogP contribution in [0.3, 0.4) is 0 Å². The molecular formula is C18H22FN3O. The molecule has 2 aromatic carbocycles. The van der Waals surface area contributed by atoms with Crippen molar-refractivity contribution in [1.29, 1.82) is 0 Å². The molecule has 0 saturated carbocycles. The first kappa shape index (κ1) is 16.8. The van der Waals surface area contributed by atoms with E-state index in [9.17, 15) is 4.39 Å². The van der Waals surface area contributed by atoms with Crippen LogP contribution in [-0.2, 0) is 6.42 Å². The largest absolute Gasteiger partial charge is 0.492 e. The Kier molecular flexibility index (Phi) is 6.91. The van der Waals surface area contributed by atoms with Crippen molar-refractivity contribution >= 4 is 5.96 Å². The minimum absolute atomic E-state index is 0.173. The van der Waals surface area contributed by atoms with E-state index in [0.717, 1.165) is 5.75 Å². The van der Waals surface area contributed by atoms with Gasteiger partial charge in [0.05, 0.1) is 6.54 Å². The van der Waals surface area contributed by atoms with Crippen molar-refractivity contribution in [1.82, 2.24) is 10.6 Å². The van der Waals surface area contributed by atoms with E-state index < -0.39 is 0 Å². The first-order chi connectivity index (χ1) is 11.3. The van der Waals surface area contributed by atoms with Crippen LogP contribution in [0.25, 0.3) is 0 Å². The van der Waals surface area contributed by atoms with Crippen molar-refractivity contribution in [3.8, 4) is 5.75 Å². The van der Waals surface area contributed by atoms with E-state index in [2.05, 4.69) is 15.6 Å². The summed E-state index contributed by atoms with van der Waals surface area (Å²) in [5.74, 6) is 1.35. The molecule has 0 heterocycles. The molecule has 0 amide bonds. The van der Waals surface area contributed by atoms with Crippen LogP contribution in [0.5, 0.6) is 5.75 Å². The van der Waals surface area contributed by atoms with Crippen LogP contribution in [0, 0.1) is 5.82 Å². The van der Waals surface area contributed by atoms with Gasteiger partial charge in [-0.3, -0.25) is 4.99 Å². The number of ether oxygens (including phenoxy) is 1. The van der Waals surface area contributed by atoms with Gasteiger partial charge in [0.25, 0.3) is 0 Å². The highest BCUT2D eigenvalue weighted by molar-refractivity contribution is 5.79. The van der Waals surface area contributed by atoms with Crippen LogP contribution in [0.2, 0.25) is 0 Å². The molecule has 0 bridgehead atoms. The standard InChI is InChI=1S/C18H22FN3O/c1-20-18(21-12-11-15-7-5-6-10-17(15)19)22-13-14-23-16-8-3-2-4-9-16/h2-10H,11-14H2,1H3,(H2,20,21,22). The quantitative estimate of drug-likeness (QED) is 0.469. The zero-order chi connectivity index (χ0) is 16.3. The van der Waals surface area contributed by atoms with Gasteiger partial charge in [-0.1, -0.05) is 36.4 Å². The van der Waals surface area contributed by atoms with Gasteiger partial charge in [-0.25, -0.2) is 4.39 Å². The molecule has 0 spiro atoms. The Morgan fingerprint density at radius 3 is 2.43 bits per heavy atom. The predicted octanol–water partition coefficient (Wildman–Crippen LogP) is 2.61. The lowest BCUT2D eigenvalue weighted by molar-refractivity contribution is 0.322. The van der Waals surface area contributed by atoms with Gasteiger partial charge in [0.15, 0.2) is 5.96 Å². The molecule has 4 nitrogen and oxygen atoms in total. The first-order valence-electron chi connectivity index (χ1n) is 7.65. The summed E-state index contributed by atoms with van der Waals surface area (Å²) in [6.45, 7) is 1.78. The molecule has 0 aromatic heterocycles. The average Bonchev–Trinajstić information content (AvgIpc) is 2.59. The molecular weight excluding hydrogens is 293 g/mol. The number of hydrogen-bond acceptors (Lipinski definition) is 2. The average molecular weight is 315 g/mol. The third-order valence-corrected chi connectivity index (χ3v) is 3.27. The van der Waals surface area contributed by atoms with Gasteiger partial charge in [0.2, 0.25) is 0 Å². The third kappa shape index (κ3) is 5.98. The minimum atomic E-state index is -0.173. The smallest absolute Gasteiger partial charge is 0.191 e. The van der Waals surface area contributed by atoms with Gasteiger partial charge in [-0.05, 0) is 30.2 Å². The highest BCUT2D eigenvalue weighted by atomic mass is 19.1. The van der Waals surface area contributed by atoms with Gasteiger partial charge in [0.1, 0.15) is 18.2 Å². The van der Waals surface area contributed by atoms with Crippen LogP contribution in [0.15, 0.2) is 59.6 Å². The Hall–Kier alpha value is -2.56. The molecule has 0 saturated heterocycles. The SMILES string of the molecule is CN=C(NCCOc1ccccc1)NCCc1ccccc1F. The highest BCUT2D eigenvalue weighted by Gasteiger charge is 2.01. The Morgan fingerprint density at radius 1 is 1.00 bits per heavy atom. The molecule has 5 heteroatoms.